The van der Waals surface area contributed by atoms with Gasteiger partial charge < -0.3 is 9.47 Å². The third-order valence-corrected chi connectivity index (χ3v) is 6.93. The maximum absolute atomic E-state index is 12.4. The summed E-state index contributed by atoms with van der Waals surface area (Å²) >= 11 is 0. The van der Waals surface area contributed by atoms with E-state index in [4.69, 9.17) is 9.47 Å². The largest absolute Gasteiger partial charge is 0.494 e. The van der Waals surface area contributed by atoms with Crippen molar-refractivity contribution in [1.82, 2.24) is 0 Å². The summed E-state index contributed by atoms with van der Waals surface area (Å²) in [6, 6.07) is 20.4. The van der Waals surface area contributed by atoms with Crippen LogP contribution in [0.1, 0.15) is 90.0 Å². The first-order valence-corrected chi connectivity index (χ1v) is 15.0. The average molecular weight is 573 g/mol. The van der Waals surface area contributed by atoms with Crippen molar-refractivity contribution >= 4 is 23.0 Å². The van der Waals surface area contributed by atoms with Gasteiger partial charge in [-0.15, -0.1) is 0 Å². The number of carbonyl (C=O) groups excluding carboxylic acids is 1. The SMILES string of the molecule is CCCCCCCCCCCCOc1ccc(N=Nc2ccc(OC(=O)C[C](C)c3ccc([N+](=O)[O-])cc3)cc2)cc1. The van der Waals surface area contributed by atoms with Crippen molar-refractivity contribution in [3.05, 3.63) is 94.4 Å². The lowest BCUT2D eigenvalue weighted by atomic mass is 9.98. The molecule has 0 saturated heterocycles. The van der Waals surface area contributed by atoms with E-state index in [-0.39, 0.29) is 12.1 Å². The molecule has 0 spiro atoms. The van der Waals surface area contributed by atoms with Crippen molar-refractivity contribution in [3.8, 4) is 11.5 Å². The third-order valence-electron chi connectivity index (χ3n) is 6.93. The number of nitro groups is 1. The van der Waals surface area contributed by atoms with Crippen LogP contribution in [0.5, 0.6) is 11.5 Å². The van der Waals surface area contributed by atoms with Crippen molar-refractivity contribution in [2.75, 3.05) is 6.61 Å². The molecule has 0 aliphatic rings. The number of hydrogen-bond acceptors (Lipinski definition) is 7. The number of benzene rings is 3. The summed E-state index contributed by atoms with van der Waals surface area (Å²) in [6.45, 7) is 4.78. The van der Waals surface area contributed by atoms with Gasteiger partial charge in [0, 0.05) is 18.1 Å². The van der Waals surface area contributed by atoms with Gasteiger partial charge in [0.1, 0.15) is 11.5 Å². The Labute approximate surface area is 249 Å². The van der Waals surface area contributed by atoms with Crippen LogP contribution >= 0.6 is 0 Å². The van der Waals surface area contributed by atoms with E-state index >= 15 is 0 Å². The van der Waals surface area contributed by atoms with E-state index in [9.17, 15) is 14.9 Å². The number of non-ortho nitro benzene ring substituents is 1. The molecular weight excluding hydrogens is 530 g/mol. The molecular formula is C34H42N3O5. The Hall–Kier alpha value is -4.07. The van der Waals surface area contributed by atoms with E-state index in [0.29, 0.717) is 17.1 Å². The smallest absolute Gasteiger partial charge is 0.312 e. The van der Waals surface area contributed by atoms with Crippen LogP contribution in [0, 0.1) is 16.0 Å². The molecule has 3 rings (SSSR count). The summed E-state index contributed by atoms with van der Waals surface area (Å²) in [5.74, 6) is 1.57. The minimum Gasteiger partial charge on any atom is -0.494 e. The number of hydrogen-bond donors (Lipinski definition) is 0. The van der Waals surface area contributed by atoms with Gasteiger partial charge in [0.15, 0.2) is 0 Å². The number of azo groups is 1. The molecule has 0 amide bonds. The van der Waals surface area contributed by atoms with Crippen LogP contribution in [0.4, 0.5) is 17.1 Å². The molecule has 0 saturated carbocycles. The highest BCUT2D eigenvalue weighted by atomic mass is 16.6. The molecule has 0 aliphatic carbocycles. The first kappa shape index (κ1) is 32.4. The lowest BCUT2D eigenvalue weighted by Crippen LogP contribution is -2.12. The zero-order valence-electron chi connectivity index (χ0n) is 24.8. The molecule has 0 aromatic heterocycles. The quantitative estimate of drug-likeness (QED) is 0.0355. The van der Waals surface area contributed by atoms with Crippen molar-refractivity contribution < 1.29 is 19.2 Å². The molecule has 8 heteroatoms. The van der Waals surface area contributed by atoms with Crippen LogP contribution in [0.25, 0.3) is 0 Å². The van der Waals surface area contributed by atoms with Gasteiger partial charge in [0.05, 0.1) is 29.3 Å². The second-order valence-corrected chi connectivity index (χ2v) is 10.5. The maximum atomic E-state index is 12.4. The molecule has 0 bridgehead atoms. The van der Waals surface area contributed by atoms with Gasteiger partial charge in [-0.05, 0) is 60.5 Å². The normalized spacial score (nSPS) is 11.2. The van der Waals surface area contributed by atoms with Crippen molar-refractivity contribution in [3.63, 3.8) is 0 Å². The van der Waals surface area contributed by atoms with Gasteiger partial charge >= 0.3 is 5.97 Å². The molecule has 0 unspecified atom stereocenters. The second-order valence-electron chi connectivity index (χ2n) is 10.5. The van der Waals surface area contributed by atoms with E-state index in [0.717, 1.165) is 30.3 Å². The maximum Gasteiger partial charge on any atom is 0.312 e. The zero-order valence-corrected chi connectivity index (χ0v) is 24.8. The van der Waals surface area contributed by atoms with Crippen molar-refractivity contribution in [2.45, 2.75) is 84.5 Å². The molecule has 0 aliphatic heterocycles. The molecule has 0 atom stereocenters. The summed E-state index contributed by atoms with van der Waals surface area (Å²) in [5.41, 5.74) is 2.10. The standard InChI is InChI=1S/C34H42N3O5/c1-3-4-5-6-7-8-9-10-11-12-25-41-32-21-15-29(16-22-32)35-36-30-17-23-33(24-18-30)42-34(38)26-27(2)28-13-19-31(20-14-28)37(39)40/h13-24H,3-12,25-26H2,1-2H3. The number of ether oxygens (including phenoxy) is 2. The van der Waals surface area contributed by atoms with Crippen LogP contribution in [-0.4, -0.2) is 17.5 Å². The Morgan fingerprint density at radius 3 is 1.74 bits per heavy atom. The molecule has 0 N–H and O–H groups in total. The second kappa shape index (κ2) is 18.4. The number of nitrogens with zero attached hydrogens (tertiary/aromatic N) is 3. The number of esters is 1. The Kier molecular flexibility index (Phi) is 14.2. The van der Waals surface area contributed by atoms with Crippen LogP contribution in [-0.2, 0) is 4.79 Å². The fraction of sp³-hybridized carbons (Fsp3) is 0.412. The van der Waals surface area contributed by atoms with Gasteiger partial charge in [0.2, 0.25) is 0 Å². The molecule has 1 radical (unpaired) electrons. The fourth-order valence-electron chi connectivity index (χ4n) is 4.44. The van der Waals surface area contributed by atoms with Gasteiger partial charge in [-0.25, -0.2) is 0 Å². The van der Waals surface area contributed by atoms with Crippen molar-refractivity contribution in [1.29, 1.82) is 0 Å². The van der Waals surface area contributed by atoms with E-state index in [1.165, 1.54) is 69.9 Å². The molecule has 3 aromatic rings. The highest BCUT2D eigenvalue weighted by molar-refractivity contribution is 5.75. The van der Waals surface area contributed by atoms with Gasteiger partial charge in [-0.1, -0.05) is 83.8 Å². The number of carbonyl (C=O) groups is 1. The Morgan fingerprint density at radius 2 is 1.21 bits per heavy atom. The minimum atomic E-state index is -0.456. The molecule has 223 valence electrons. The summed E-state index contributed by atoms with van der Waals surface area (Å²) in [6.07, 6.45) is 13.1. The average Bonchev–Trinajstić information content (AvgIpc) is 3.00. The number of rotatable bonds is 19. The van der Waals surface area contributed by atoms with Crippen LogP contribution in [0.3, 0.4) is 0 Å². The van der Waals surface area contributed by atoms with Crippen LogP contribution < -0.4 is 9.47 Å². The topological polar surface area (TPSA) is 103 Å². The Morgan fingerprint density at radius 1 is 0.714 bits per heavy atom. The fourth-order valence-corrected chi connectivity index (χ4v) is 4.44. The lowest BCUT2D eigenvalue weighted by Gasteiger charge is -2.10. The first-order valence-electron chi connectivity index (χ1n) is 15.0. The first-order chi connectivity index (χ1) is 20.4. The lowest BCUT2D eigenvalue weighted by molar-refractivity contribution is -0.384. The monoisotopic (exact) mass is 572 g/mol. The van der Waals surface area contributed by atoms with Gasteiger partial charge in [0.25, 0.3) is 5.69 Å². The van der Waals surface area contributed by atoms with E-state index in [1.807, 2.05) is 24.3 Å². The van der Waals surface area contributed by atoms with E-state index in [2.05, 4.69) is 17.2 Å². The number of unbranched alkanes of at least 4 members (excludes halogenated alkanes) is 9. The highest BCUT2D eigenvalue weighted by Crippen LogP contribution is 2.25. The predicted octanol–water partition coefficient (Wildman–Crippen LogP) is 10.2. The summed E-state index contributed by atoms with van der Waals surface area (Å²) in [4.78, 5) is 22.7. The van der Waals surface area contributed by atoms with Gasteiger partial charge in [-0.3, -0.25) is 14.9 Å². The minimum absolute atomic E-state index is 0.00667. The summed E-state index contributed by atoms with van der Waals surface area (Å²) < 4.78 is 11.3. The summed E-state index contributed by atoms with van der Waals surface area (Å²) in [5, 5.41) is 19.3. The Bertz CT molecular complexity index is 1240. The van der Waals surface area contributed by atoms with Crippen LogP contribution in [0.15, 0.2) is 83.0 Å². The number of nitro benzene ring substituents is 1. The van der Waals surface area contributed by atoms with Crippen molar-refractivity contribution in [2.24, 2.45) is 10.2 Å². The molecule has 8 nitrogen and oxygen atoms in total. The molecule has 0 heterocycles. The molecule has 42 heavy (non-hydrogen) atoms. The molecule has 0 fully saturated rings. The van der Waals surface area contributed by atoms with Gasteiger partial charge in [-0.2, -0.15) is 10.2 Å². The molecule has 3 aromatic carbocycles. The Balaban J connectivity index is 1.33. The predicted molar refractivity (Wildman–Crippen MR) is 166 cm³/mol. The zero-order chi connectivity index (χ0) is 30.0. The van der Waals surface area contributed by atoms with E-state index < -0.39 is 10.9 Å². The third kappa shape index (κ3) is 12.2. The van der Waals surface area contributed by atoms with Crippen LogP contribution in [0.2, 0.25) is 0 Å². The van der Waals surface area contributed by atoms with E-state index in [1.54, 1.807) is 43.3 Å². The summed E-state index contributed by atoms with van der Waals surface area (Å²) in [7, 11) is 0. The highest BCUT2D eigenvalue weighted by Gasteiger charge is 2.15.